The molecule has 0 radical (unpaired) electrons. The van der Waals surface area contributed by atoms with Gasteiger partial charge in [0.05, 0.1) is 27.0 Å². The van der Waals surface area contributed by atoms with Crippen molar-refractivity contribution in [3.8, 4) is 0 Å². The zero-order chi connectivity index (χ0) is 27.2. The lowest BCUT2D eigenvalue weighted by Crippen LogP contribution is -2.54. The van der Waals surface area contributed by atoms with Crippen LogP contribution in [0.25, 0.3) is 0 Å². The fourth-order valence-corrected chi connectivity index (χ4v) is 6.02. The molecule has 0 aromatic heterocycles. The molecule has 11 heteroatoms. The molecule has 2 amide bonds. The van der Waals surface area contributed by atoms with Gasteiger partial charge in [-0.1, -0.05) is 79.2 Å². The second kappa shape index (κ2) is 13.2. The summed E-state index contributed by atoms with van der Waals surface area (Å²) < 4.78 is 26.4. The summed E-state index contributed by atoms with van der Waals surface area (Å²) in [6.07, 6.45) is 6.41. The summed E-state index contributed by atoms with van der Waals surface area (Å²) in [4.78, 5) is 28.6. The van der Waals surface area contributed by atoms with Crippen LogP contribution in [-0.4, -0.2) is 50.0 Å². The standard InChI is InChI=1S/C26H32Cl3N3O4S/c1-3-23(26(34)30-19-9-5-4-6-10-19)31(16-18-13-14-20(27)22(29)15-18)25(33)17-32(37(2,35)36)24-12-8-7-11-21(24)28/h7-8,11-15,19,23H,3-6,9-10,16-17H2,1-2H3,(H,30,34)/t23-/m1/s1. The number of nitrogens with one attached hydrogen (secondary N) is 1. The molecule has 0 aliphatic heterocycles. The molecular weight excluding hydrogens is 557 g/mol. The number of benzene rings is 2. The number of amides is 2. The largest absolute Gasteiger partial charge is 0.352 e. The van der Waals surface area contributed by atoms with Crippen LogP contribution in [0, 0.1) is 0 Å². The van der Waals surface area contributed by atoms with Gasteiger partial charge in [0, 0.05) is 12.6 Å². The minimum atomic E-state index is -3.87. The van der Waals surface area contributed by atoms with E-state index in [-0.39, 0.29) is 29.2 Å². The molecule has 0 spiro atoms. The minimum absolute atomic E-state index is 0.0481. The first-order valence-corrected chi connectivity index (χ1v) is 15.3. The van der Waals surface area contributed by atoms with Crippen LogP contribution in [0.5, 0.6) is 0 Å². The van der Waals surface area contributed by atoms with Crippen molar-refractivity contribution >= 4 is 62.3 Å². The number of carbonyl (C=O) groups is 2. The fraction of sp³-hybridized carbons (Fsp3) is 0.462. The van der Waals surface area contributed by atoms with E-state index < -0.39 is 28.5 Å². The van der Waals surface area contributed by atoms with Gasteiger partial charge in [0.2, 0.25) is 21.8 Å². The zero-order valence-corrected chi connectivity index (χ0v) is 24.0. The van der Waals surface area contributed by atoms with Gasteiger partial charge in [-0.05, 0) is 49.1 Å². The number of hydrogen-bond acceptors (Lipinski definition) is 4. The molecule has 0 saturated heterocycles. The second-order valence-electron chi connectivity index (χ2n) is 9.26. The van der Waals surface area contributed by atoms with Crippen molar-refractivity contribution in [2.24, 2.45) is 0 Å². The number of halogens is 3. The van der Waals surface area contributed by atoms with Crippen LogP contribution >= 0.6 is 34.8 Å². The Morgan fingerprint density at radius 2 is 1.68 bits per heavy atom. The Labute approximate surface area is 234 Å². The van der Waals surface area contributed by atoms with Crippen molar-refractivity contribution in [2.75, 3.05) is 17.1 Å². The van der Waals surface area contributed by atoms with Gasteiger partial charge in [-0.3, -0.25) is 13.9 Å². The van der Waals surface area contributed by atoms with Crippen LogP contribution in [0.3, 0.4) is 0 Å². The molecule has 1 saturated carbocycles. The third-order valence-corrected chi connectivity index (χ3v) is 8.66. The number of carbonyl (C=O) groups excluding carboxylic acids is 2. The van der Waals surface area contributed by atoms with E-state index in [4.69, 9.17) is 34.8 Å². The molecule has 1 aliphatic rings. The van der Waals surface area contributed by atoms with Gasteiger partial charge in [-0.2, -0.15) is 0 Å². The third kappa shape index (κ3) is 7.99. The minimum Gasteiger partial charge on any atom is -0.352 e. The lowest BCUT2D eigenvalue weighted by Gasteiger charge is -2.34. The molecule has 37 heavy (non-hydrogen) atoms. The van der Waals surface area contributed by atoms with Gasteiger partial charge in [0.25, 0.3) is 0 Å². The molecular formula is C26H32Cl3N3O4S. The van der Waals surface area contributed by atoms with E-state index in [2.05, 4.69) is 5.32 Å². The van der Waals surface area contributed by atoms with Crippen LogP contribution < -0.4 is 9.62 Å². The quantitative estimate of drug-likeness (QED) is 0.388. The number of anilines is 1. The van der Waals surface area contributed by atoms with Gasteiger partial charge < -0.3 is 10.2 Å². The molecule has 3 rings (SSSR count). The first-order valence-electron chi connectivity index (χ1n) is 12.3. The van der Waals surface area contributed by atoms with E-state index in [1.807, 2.05) is 6.92 Å². The number of hydrogen-bond donors (Lipinski definition) is 1. The summed E-state index contributed by atoms with van der Waals surface area (Å²) in [5.41, 5.74) is 0.851. The summed E-state index contributed by atoms with van der Waals surface area (Å²) >= 11 is 18.6. The highest BCUT2D eigenvalue weighted by Crippen LogP contribution is 2.28. The molecule has 2 aromatic carbocycles. The van der Waals surface area contributed by atoms with Crippen LogP contribution in [0.4, 0.5) is 5.69 Å². The lowest BCUT2D eigenvalue weighted by molar-refractivity contribution is -0.140. The Balaban J connectivity index is 1.94. The zero-order valence-electron chi connectivity index (χ0n) is 20.9. The maximum absolute atomic E-state index is 13.8. The molecule has 0 bridgehead atoms. The van der Waals surface area contributed by atoms with E-state index in [1.165, 1.54) is 11.0 Å². The summed E-state index contributed by atoms with van der Waals surface area (Å²) in [5, 5.41) is 3.98. The SMILES string of the molecule is CC[C@H](C(=O)NC1CCCCC1)N(Cc1ccc(Cl)c(Cl)c1)C(=O)CN(c1ccccc1Cl)S(C)(=O)=O. The molecule has 0 heterocycles. The first kappa shape index (κ1) is 29.6. The van der Waals surface area contributed by atoms with Crippen molar-refractivity contribution in [2.45, 2.75) is 64.1 Å². The second-order valence-corrected chi connectivity index (χ2v) is 12.4. The molecule has 1 atom stereocenters. The van der Waals surface area contributed by atoms with Crippen molar-refractivity contribution in [3.63, 3.8) is 0 Å². The number of rotatable bonds is 10. The van der Waals surface area contributed by atoms with Gasteiger partial charge in [-0.15, -0.1) is 0 Å². The molecule has 7 nitrogen and oxygen atoms in total. The highest BCUT2D eigenvalue weighted by atomic mass is 35.5. The summed E-state index contributed by atoms with van der Waals surface area (Å²) in [6.45, 7) is 1.35. The Morgan fingerprint density at radius 1 is 1.00 bits per heavy atom. The van der Waals surface area contributed by atoms with Gasteiger partial charge in [0.1, 0.15) is 12.6 Å². The van der Waals surface area contributed by atoms with E-state index in [9.17, 15) is 18.0 Å². The van der Waals surface area contributed by atoms with Crippen molar-refractivity contribution < 1.29 is 18.0 Å². The van der Waals surface area contributed by atoms with Gasteiger partial charge >= 0.3 is 0 Å². The average molecular weight is 589 g/mol. The van der Waals surface area contributed by atoms with Gasteiger partial charge in [0.15, 0.2) is 0 Å². The summed E-state index contributed by atoms with van der Waals surface area (Å²) in [6, 6.07) is 10.6. The van der Waals surface area contributed by atoms with E-state index in [1.54, 1.807) is 36.4 Å². The van der Waals surface area contributed by atoms with Crippen molar-refractivity contribution in [1.29, 1.82) is 0 Å². The van der Waals surface area contributed by atoms with Crippen molar-refractivity contribution in [3.05, 3.63) is 63.1 Å². The molecule has 1 aliphatic carbocycles. The maximum atomic E-state index is 13.8. The Morgan fingerprint density at radius 3 is 2.27 bits per heavy atom. The lowest BCUT2D eigenvalue weighted by atomic mass is 9.95. The summed E-state index contributed by atoms with van der Waals surface area (Å²) in [5.74, 6) is -0.798. The predicted molar refractivity (Wildman–Crippen MR) is 150 cm³/mol. The van der Waals surface area contributed by atoms with E-state index in [0.717, 1.165) is 42.7 Å². The van der Waals surface area contributed by atoms with Crippen LogP contribution in [0.15, 0.2) is 42.5 Å². The Hall–Kier alpha value is -2.00. The number of para-hydroxylation sites is 1. The molecule has 2 aromatic rings. The average Bonchev–Trinajstić information content (AvgIpc) is 2.85. The summed E-state index contributed by atoms with van der Waals surface area (Å²) in [7, 11) is -3.87. The van der Waals surface area contributed by atoms with Crippen LogP contribution in [0.1, 0.15) is 51.0 Å². The molecule has 1 fully saturated rings. The van der Waals surface area contributed by atoms with Crippen molar-refractivity contribution in [1.82, 2.24) is 10.2 Å². The molecule has 202 valence electrons. The first-order chi connectivity index (χ1) is 17.5. The van der Waals surface area contributed by atoms with E-state index >= 15 is 0 Å². The third-order valence-electron chi connectivity index (χ3n) is 6.47. The monoisotopic (exact) mass is 587 g/mol. The Bertz CT molecular complexity index is 1220. The van der Waals surface area contributed by atoms with Crippen LogP contribution in [-0.2, 0) is 26.2 Å². The maximum Gasteiger partial charge on any atom is 0.244 e. The number of nitrogens with zero attached hydrogens (tertiary/aromatic N) is 2. The molecule has 0 unspecified atom stereocenters. The van der Waals surface area contributed by atoms with Crippen LogP contribution in [0.2, 0.25) is 15.1 Å². The number of sulfonamides is 1. The molecule has 1 N–H and O–H groups in total. The normalized spacial score (nSPS) is 15.2. The Kier molecular flexibility index (Phi) is 10.5. The highest BCUT2D eigenvalue weighted by Gasteiger charge is 2.33. The topological polar surface area (TPSA) is 86.8 Å². The van der Waals surface area contributed by atoms with Gasteiger partial charge in [-0.25, -0.2) is 8.42 Å². The smallest absolute Gasteiger partial charge is 0.244 e. The highest BCUT2D eigenvalue weighted by molar-refractivity contribution is 7.92. The predicted octanol–water partition coefficient (Wildman–Crippen LogP) is 5.67. The fourth-order valence-electron chi connectivity index (χ4n) is 4.55. The van der Waals surface area contributed by atoms with E-state index in [0.29, 0.717) is 22.0 Å².